The lowest BCUT2D eigenvalue weighted by Crippen LogP contribution is -2.47. The van der Waals surface area contributed by atoms with E-state index in [1.807, 2.05) is 25.1 Å². The summed E-state index contributed by atoms with van der Waals surface area (Å²) >= 11 is 1.38. The van der Waals surface area contributed by atoms with Gasteiger partial charge in [0, 0.05) is 6.54 Å². The largest absolute Gasteiger partial charge is 0.467 e. The molecule has 34 heavy (non-hydrogen) atoms. The number of nitrogens with zero attached hydrogens (tertiary/aromatic N) is 3. The van der Waals surface area contributed by atoms with Crippen LogP contribution in [0.15, 0.2) is 70.2 Å². The summed E-state index contributed by atoms with van der Waals surface area (Å²) in [5.74, 6) is -0.325. The minimum absolute atomic E-state index is 0.0401. The first-order chi connectivity index (χ1) is 16.3. The molecule has 0 N–H and O–H groups in total. The second-order valence-electron chi connectivity index (χ2n) is 8.20. The summed E-state index contributed by atoms with van der Waals surface area (Å²) in [7, 11) is -3.98. The summed E-state index contributed by atoms with van der Waals surface area (Å²) < 4.78 is 47.6. The highest BCUT2D eigenvalue weighted by molar-refractivity contribution is 7.89. The molecule has 3 heterocycles. The number of benzene rings is 2. The average molecular weight is 500 g/mol. The molecular weight excluding hydrogens is 477 g/mol. The Kier molecular flexibility index (Phi) is 5.97. The smallest absolute Gasteiger partial charge is 0.247 e. The van der Waals surface area contributed by atoms with E-state index < -0.39 is 21.9 Å². The fourth-order valence-electron chi connectivity index (χ4n) is 4.13. The lowest BCUT2D eigenvalue weighted by Gasteiger charge is -2.28. The van der Waals surface area contributed by atoms with Gasteiger partial charge in [0.1, 0.15) is 17.6 Å². The molecular formula is C24H22FN3O4S2. The number of amides is 1. The zero-order valence-corrected chi connectivity index (χ0v) is 20.0. The van der Waals surface area contributed by atoms with E-state index in [-0.39, 0.29) is 23.9 Å². The van der Waals surface area contributed by atoms with Crippen LogP contribution in [0.4, 0.5) is 9.52 Å². The zero-order chi connectivity index (χ0) is 23.9. The van der Waals surface area contributed by atoms with Crippen molar-refractivity contribution in [2.24, 2.45) is 0 Å². The van der Waals surface area contributed by atoms with Crippen LogP contribution < -0.4 is 4.90 Å². The predicted octanol–water partition coefficient (Wildman–Crippen LogP) is 4.72. The lowest BCUT2D eigenvalue weighted by atomic mass is 10.2. The van der Waals surface area contributed by atoms with Crippen molar-refractivity contribution in [1.82, 2.24) is 9.29 Å². The Bertz CT molecular complexity index is 1430. The summed E-state index contributed by atoms with van der Waals surface area (Å²) in [5.41, 5.74) is 1.85. The monoisotopic (exact) mass is 499 g/mol. The van der Waals surface area contributed by atoms with Gasteiger partial charge in [-0.2, -0.15) is 4.31 Å². The number of rotatable bonds is 6. The standard InChI is InChI=1S/C24H22FN3O4S2/c1-16-6-11-20-22(14-16)33-24(26-20)27(15-18-4-3-13-32-18)23(29)21-5-2-12-28(21)34(30,31)19-9-7-17(25)8-10-19/h3-4,6-11,13-14,21H,2,5,12,15H2,1H3. The van der Waals surface area contributed by atoms with Crippen LogP contribution in [-0.2, 0) is 21.4 Å². The van der Waals surface area contributed by atoms with Gasteiger partial charge in [-0.3, -0.25) is 9.69 Å². The van der Waals surface area contributed by atoms with Gasteiger partial charge in [-0.1, -0.05) is 17.4 Å². The molecule has 0 aliphatic carbocycles. The number of anilines is 1. The molecule has 1 unspecified atom stereocenters. The van der Waals surface area contributed by atoms with E-state index in [2.05, 4.69) is 4.98 Å². The topological polar surface area (TPSA) is 83.7 Å². The van der Waals surface area contributed by atoms with Crippen molar-refractivity contribution in [3.05, 3.63) is 78.0 Å². The third kappa shape index (κ3) is 4.24. The minimum atomic E-state index is -3.98. The van der Waals surface area contributed by atoms with Crippen LogP contribution in [0.2, 0.25) is 0 Å². The number of carbonyl (C=O) groups excluding carboxylic acids is 1. The zero-order valence-electron chi connectivity index (χ0n) is 18.3. The SMILES string of the molecule is Cc1ccc2nc(N(Cc3ccco3)C(=O)C3CCCN3S(=O)(=O)c3ccc(F)cc3)sc2c1. The second kappa shape index (κ2) is 8.94. The molecule has 0 spiro atoms. The Labute approximate surface area is 200 Å². The van der Waals surface area contributed by atoms with Gasteiger partial charge in [0.15, 0.2) is 5.13 Å². The molecule has 0 bridgehead atoms. The van der Waals surface area contributed by atoms with Crippen molar-refractivity contribution >= 4 is 42.6 Å². The molecule has 7 nitrogen and oxygen atoms in total. The van der Waals surface area contributed by atoms with Gasteiger partial charge in [-0.25, -0.2) is 17.8 Å². The maximum absolute atomic E-state index is 13.8. The predicted molar refractivity (Wildman–Crippen MR) is 128 cm³/mol. The Morgan fingerprint density at radius 3 is 2.76 bits per heavy atom. The first-order valence-corrected chi connectivity index (χ1v) is 13.1. The number of hydrogen-bond acceptors (Lipinski definition) is 6. The summed E-state index contributed by atoms with van der Waals surface area (Å²) in [6, 6.07) is 13.1. The normalized spacial score (nSPS) is 16.8. The molecule has 0 radical (unpaired) electrons. The second-order valence-corrected chi connectivity index (χ2v) is 11.1. The van der Waals surface area contributed by atoms with Gasteiger partial charge in [0.2, 0.25) is 15.9 Å². The minimum Gasteiger partial charge on any atom is -0.467 e. The molecule has 4 aromatic rings. The van der Waals surface area contributed by atoms with E-state index in [9.17, 15) is 17.6 Å². The fourth-order valence-corrected chi connectivity index (χ4v) is 6.85. The molecule has 0 saturated carbocycles. The average Bonchev–Trinajstić information content (AvgIpc) is 3.57. The number of aryl methyl sites for hydroxylation is 1. The van der Waals surface area contributed by atoms with Gasteiger partial charge < -0.3 is 4.42 Å². The van der Waals surface area contributed by atoms with Gasteiger partial charge >= 0.3 is 0 Å². The Balaban J connectivity index is 1.51. The highest BCUT2D eigenvalue weighted by Gasteiger charge is 2.42. The number of sulfonamides is 1. The van der Waals surface area contributed by atoms with Gasteiger partial charge in [0.05, 0.1) is 27.9 Å². The first-order valence-electron chi connectivity index (χ1n) is 10.8. The molecule has 1 fully saturated rings. The summed E-state index contributed by atoms with van der Waals surface area (Å²) in [6.07, 6.45) is 2.46. The molecule has 2 aromatic heterocycles. The van der Waals surface area contributed by atoms with E-state index in [4.69, 9.17) is 4.42 Å². The Hall–Kier alpha value is -3.08. The van der Waals surface area contributed by atoms with Crippen molar-refractivity contribution in [2.75, 3.05) is 11.4 Å². The van der Waals surface area contributed by atoms with Gasteiger partial charge in [-0.05, 0) is 73.9 Å². The number of hydrogen-bond donors (Lipinski definition) is 0. The molecule has 10 heteroatoms. The van der Waals surface area contributed by atoms with Crippen LogP contribution in [0.25, 0.3) is 10.2 Å². The quantitative estimate of drug-likeness (QED) is 0.383. The highest BCUT2D eigenvalue weighted by atomic mass is 32.2. The number of halogens is 1. The van der Waals surface area contributed by atoms with Crippen molar-refractivity contribution in [1.29, 1.82) is 0 Å². The molecule has 1 aliphatic rings. The Morgan fingerprint density at radius 2 is 2.03 bits per heavy atom. The van der Waals surface area contributed by atoms with Crippen LogP contribution >= 0.6 is 11.3 Å². The molecule has 176 valence electrons. The van der Waals surface area contributed by atoms with E-state index in [1.165, 1.54) is 38.9 Å². The maximum Gasteiger partial charge on any atom is 0.247 e. The number of thiazole rings is 1. The molecule has 1 amide bonds. The molecule has 5 rings (SSSR count). The number of carbonyl (C=O) groups is 1. The van der Waals surface area contributed by atoms with Crippen LogP contribution in [0, 0.1) is 12.7 Å². The Morgan fingerprint density at radius 1 is 1.24 bits per heavy atom. The van der Waals surface area contributed by atoms with Crippen molar-refractivity contribution in [3.63, 3.8) is 0 Å². The molecule has 2 aromatic carbocycles. The summed E-state index contributed by atoms with van der Waals surface area (Å²) in [6.45, 7) is 2.33. The van der Waals surface area contributed by atoms with E-state index in [1.54, 1.807) is 12.1 Å². The first kappa shape index (κ1) is 22.7. The number of fused-ring (bicyclic) bond motifs is 1. The van der Waals surface area contributed by atoms with Gasteiger partial charge in [-0.15, -0.1) is 0 Å². The third-order valence-electron chi connectivity index (χ3n) is 5.83. The van der Waals surface area contributed by atoms with Crippen molar-refractivity contribution in [2.45, 2.75) is 37.2 Å². The highest BCUT2D eigenvalue weighted by Crippen LogP contribution is 2.34. The van der Waals surface area contributed by atoms with Crippen LogP contribution in [0.5, 0.6) is 0 Å². The van der Waals surface area contributed by atoms with Crippen LogP contribution in [0.3, 0.4) is 0 Å². The van der Waals surface area contributed by atoms with Gasteiger partial charge in [0.25, 0.3) is 0 Å². The summed E-state index contributed by atoms with van der Waals surface area (Å²) in [4.78, 5) is 20.0. The number of furan rings is 1. The van der Waals surface area contributed by atoms with Crippen molar-refractivity contribution in [3.8, 4) is 0 Å². The molecule has 1 aliphatic heterocycles. The number of aromatic nitrogens is 1. The van der Waals surface area contributed by atoms with Crippen LogP contribution in [-0.4, -0.2) is 36.2 Å². The maximum atomic E-state index is 13.8. The van der Waals surface area contributed by atoms with E-state index in [0.29, 0.717) is 23.7 Å². The van der Waals surface area contributed by atoms with E-state index in [0.717, 1.165) is 27.9 Å². The van der Waals surface area contributed by atoms with E-state index >= 15 is 0 Å². The fraction of sp³-hybridized carbons (Fsp3) is 0.250. The molecule has 1 atom stereocenters. The third-order valence-corrected chi connectivity index (χ3v) is 8.80. The summed E-state index contributed by atoms with van der Waals surface area (Å²) in [5, 5.41) is 0.480. The molecule has 1 saturated heterocycles. The van der Waals surface area contributed by atoms with Crippen LogP contribution in [0.1, 0.15) is 24.2 Å². The van der Waals surface area contributed by atoms with Crippen molar-refractivity contribution < 1.29 is 22.0 Å². The lowest BCUT2D eigenvalue weighted by molar-refractivity contribution is -0.121.